The van der Waals surface area contributed by atoms with E-state index >= 15 is 0 Å². The Morgan fingerprint density at radius 3 is 2.92 bits per heavy atom. The number of rotatable bonds is 5. The first-order valence-corrected chi connectivity index (χ1v) is 8.53. The van der Waals surface area contributed by atoms with Crippen molar-refractivity contribution >= 4 is 11.7 Å². The van der Waals surface area contributed by atoms with Gasteiger partial charge in [-0.2, -0.15) is 0 Å². The van der Waals surface area contributed by atoms with Gasteiger partial charge in [0, 0.05) is 51.2 Å². The molecule has 0 aromatic carbocycles. The molecule has 1 aromatic heterocycles. The molecule has 1 amide bonds. The van der Waals surface area contributed by atoms with Crippen molar-refractivity contribution in [3.63, 3.8) is 0 Å². The summed E-state index contributed by atoms with van der Waals surface area (Å²) >= 11 is 0. The molecule has 0 aliphatic carbocycles. The molecule has 132 valence electrons. The summed E-state index contributed by atoms with van der Waals surface area (Å²) in [5, 5.41) is 0. The number of ether oxygens (including phenoxy) is 2. The van der Waals surface area contributed by atoms with Crippen molar-refractivity contribution in [3.05, 3.63) is 12.4 Å². The van der Waals surface area contributed by atoms with Crippen molar-refractivity contribution in [1.82, 2.24) is 14.9 Å². The van der Waals surface area contributed by atoms with Crippen molar-refractivity contribution in [2.45, 2.75) is 25.7 Å². The van der Waals surface area contributed by atoms with E-state index in [9.17, 15) is 4.79 Å². The molecule has 3 heterocycles. The van der Waals surface area contributed by atoms with Crippen LogP contribution < -0.4 is 9.64 Å². The van der Waals surface area contributed by atoms with Gasteiger partial charge in [-0.25, -0.2) is 9.97 Å². The second-order valence-corrected chi connectivity index (χ2v) is 6.75. The Hall–Kier alpha value is -1.89. The van der Waals surface area contributed by atoms with Gasteiger partial charge in [0.15, 0.2) is 0 Å². The minimum atomic E-state index is 0.151. The maximum atomic E-state index is 12.2. The largest absolute Gasteiger partial charge is 0.481 e. The van der Waals surface area contributed by atoms with Crippen molar-refractivity contribution in [1.29, 1.82) is 0 Å². The zero-order valence-corrected chi connectivity index (χ0v) is 14.5. The first kappa shape index (κ1) is 17.0. The number of hydrogen-bond donors (Lipinski definition) is 0. The molecule has 3 rings (SSSR count). The van der Waals surface area contributed by atoms with Gasteiger partial charge in [-0.05, 0) is 19.3 Å². The van der Waals surface area contributed by atoms with Crippen LogP contribution in [0.1, 0.15) is 25.7 Å². The Bertz CT molecular complexity index is 583. The third-order valence-electron chi connectivity index (χ3n) is 5.14. The van der Waals surface area contributed by atoms with E-state index in [1.54, 1.807) is 20.5 Å². The lowest BCUT2D eigenvalue weighted by Gasteiger charge is -2.48. The summed E-state index contributed by atoms with van der Waals surface area (Å²) in [5.74, 6) is 1.74. The van der Waals surface area contributed by atoms with E-state index in [2.05, 4.69) is 14.9 Å². The molecule has 2 aliphatic rings. The normalized spacial score (nSPS) is 24.5. The van der Waals surface area contributed by atoms with Crippen LogP contribution >= 0.6 is 0 Å². The Balaban J connectivity index is 1.72. The maximum absolute atomic E-state index is 12.2. The molecule has 2 saturated heterocycles. The highest BCUT2D eigenvalue weighted by Gasteiger charge is 2.41. The average Bonchev–Trinajstić information content (AvgIpc) is 2.63. The van der Waals surface area contributed by atoms with Crippen LogP contribution in [0.5, 0.6) is 5.88 Å². The molecule has 0 saturated carbocycles. The van der Waals surface area contributed by atoms with Crippen molar-refractivity contribution in [2.75, 3.05) is 51.9 Å². The molecular formula is C17H26N4O3. The fourth-order valence-electron chi connectivity index (χ4n) is 3.86. The van der Waals surface area contributed by atoms with Crippen LogP contribution in [0.15, 0.2) is 12.4 Å². The summed E-state index contributed by atoms with van der Waals surface area (Å²) in [6, 6.07) is 1.88. The highest BCUT2D eigenvalue weighted by atomic mass is 16.5. The molecule has 7 nitrogen and oxygen atoms in total. The lowest BCUT2D eigenvalue weighted by molar-refractivity contribution is -0.138. The van der Waals surface area contributed by atoms with E-state index < -0.39 is 0 Å². The highest BCUT2D eigenvalue weighted by molar-refractivity contribution is 5.77. The van der Waals surface area contributed by atoms with Crippen LogP contribution in [-0.4, -0.2) is 67.8 Å². The Labute approximate surface area is 143 Å². The molecule has 0 N–H and O–H groups in total. The average molecular weight is 334 g/mol. The number of anilines is 1. The number of likely N-dealkylation sites (tertiary alicyclic amines) is 1. The number of aromatic nitrogens is 2. The second-order valence-electron chi connectivity index (χ2n) is 6.75. The number of amides is 1. The molecule has 1 spiro atoms. The zero-order chi connectivity index (χ0) is 17.0. The third kappa shape index (κ3) is 3.61. The summed E-state index contributed by atoms with van der Waals surface area (Å²) in [7, 11) is 3.29. The summed E-state index contributed by atoms with van der Waals surface area (Å²) in [4.78, 5) is 24.9. The van der Waals surface area contributed by atoms with Gasteiger partial charge in [0.1, 0.15) is 12.1 Å². The summed E-state index contributed by atoms with van der Waals surface area (Å²) in [6.07, 6.45) is 5.39. The lowest BCUT2D eigenvalue weighted by Crippen LogP contribution is -2.54. The van der Waals surface area contributed by atoms with Crippen LogP contribution in [-0.2, 0) is 9.53 Å². The fourth-order valence-corrected chi connectivity index (χ4v) is 3.86. The first-order valence-electron chi connectivity index (χ1n) is 8.53. The first-order chi connectivity index (χ1) is 11.7. The Morgan fingerprint density at radius 1 is 1.25 bits per heavy atom. The molecule has 0 bridgehead atoms. The van der Waals surface area contributed by atoms with Crippen molar-refractivity contribution in [2.24, 2.45) is 5.41 Å². The number of hydrogen-bond acceptors (Lipinski definition) is 6. The minimum Gasteiger partial charge on any atom is -0.481 e. The molecule has 0 radical (unpaired) electrons. The molecule has 2 fully saturated rings. The standard InChI is InChI=1S/C17H26N4O3/c1-23-9-8-21-12-17(6-4-16(21)22)5-3-7-20(11-17)14-10-15(24-2)19-13-18-14/h10,13H,3-9,11-12H2,1-2H3/t17-/m0/s1. The predicted molar refractivity (Wildman–Crippen MR) is 90.2 cm³/mol. The topological polar surface area (TPSA) is 67.8 Å². The van der Waals surface area contributed by atoms with Crippen molar-refractivity contribution < 1.29 is 14.3 Å². The van der Waals surface area contributed by atoms with Crippen LogP contribution in [0.3, 0.4) is 0 Å². The Kier molecular flexibility index (Phi) is 5.18. The quantitative estimate of drug-likeness (QED) is 0.809. The predicted octanol–water partition coefficient (Wildman–Crippen LogP) is 1.34. The van der Waals surface area contributed by atoms with Crippen LogP contribution in [0.2, 0.25) is 0 Å². The highest BCUT2D eigenvalue weighted by Crippen LogP contribution is 2.40. The zero-order valence-electron chi connectivity index (χ0n) is 14.5. The van der Waals surface area contributed by atoms with Crippen LogP contribution in [0.4, 0.5) is 5.82 Å². The van der Waals surface area contributed by atoms with E-state index in [0.717, 1.165) is 44.7 Å². The number of nitrogens with zero attached hydrogens (tertiary/aromatic N) is 4. The number of piperidine rings is 2. The minimum absolute atomic E-state index is 0.151. The monoisotopic (exact) mass is 334 g/mol. The van der Waals surface area contributed by atoms with E-state index in [1.807, 2.05) is 11.0 Å². The van der Waals surface area contributed by atoms with Gasteiger partial charge in [0.2, 0.25) is 11.8 Å². The van der Waals surface area contributed by atoms with E-state index in [0.29, 0.717) is 25.5 Å². The molecule has 1 aromatic rings. The van der Waals surface area contributed by atoms with Gasteiger partial charge in [-0.3, -0.25) is 4.79 Å². The fraction of sp³-hybridized carbons (Fsp3) is 0.706. The van der Waals surface area contributed by atoms with Gasteiger partial charge in [-0.15, -0.1) is 0 Å². The van der Waals surface area contributed by atoms with E-state index in [1.165, 1.54) is 0 Å². The maximum Gasteiger partial charge on any atom is 0.222 e. The molecular weight excluding hydrogens is 308 g/mol. The van der Waals surface area contributed by atoms with E-state index in [4.69, 9.17) is 9.47 Å². The number of carbonyl (C=O) groups is 1. The summed E-state index contributed by atoms with van der Waals surface area (Å²) < 4.78 is 10.4. The molecule has 1 atom stereocenters. The number of methoxy groups -OCH3 is 2. The Morgan fingerprint density at radius 2 is 2.12 bits per heavy atom. The van der Waals surface area contributed by atoms with Gasteiger partial charge in [0.25, 0.3) is 0 Å². The molecule has 2 aliphatic heterocycles. The van der Waals surface area contributed by atoms with Gasteiger partial charge in [-0.1, -0.05) is 0 Å². The molecule has 24 heavy (non-hydrogen) atoms. The van der Waals surface area contributed by atoms with Crippen molar-refractivity contribution in [3.8, 4) is 5.88 Å². The molecule has 0 unspecified atom stereocenters. The van der Waals surface area contributed by atoms with Crippen LogP contribution in [0.25, 0.3) is 0 Å². The lowest BCUT2D eigenvalue weighted by atomic mass is 9.73. The smallest absolute Gasteiger partial charge is 0.222 e. The van der Waals surface area contributed by atoms with E-state index in [-0.39, 0.29) is 11.3 Å². The van der Waals surface area contributed by atoms with Gasteiger partial charge < -0.3 is 19.3 Å². The number of carbonyl (C=O) groups excluding carboxylic acids is 1. The SMILES string of the molecule is COCCN1C[C@@]2(CCCN(c3cc(OC)ncn3)C2)CCC1=O. The third-order valence-corrected chi connectivity index (χ3v) is 5.14. The second kappa shape index (κ2) is 7.34. The summed E-state index contributed by atoms with van der Waals surface area (Å²) in [6.45, 7) is 3.98. The van der Waals surface area contributed by atoms with Gasteiger partial charge >= 0.3 is 0 Å². The summed E-state index contributed by atoms with van der Waals surface area (Å²) in [5.41, 5.74) is 0.151. The molecule has 7 heteroatoms. The van der Waals surface area contributed by atoms with Crippen LogP contribution in [0, 0.1) is 5.41 Å². The van der Waals surface area contributed by atoms with Gasteiger partial charge in [0.05, 0.1) is 13.7 Å².